The van der Waals surface area contributed by atoms with Gasteiger partial charge < -0.3 is 10.1 Å². The average molecular weight is 233 g/mol. The Morgan fingerprint density at radius 2 is 1.94 bits per heavy atom. The van der Waals surface area contributed by atoms with Crippen molar-refractivity contribution < 1.29 is 14.3 Å². The number of carbonyl (C=O) groups is 2. The molecule has 0 aromatic heterocycles. The second-order valence-corrected chi connectivity index (χ2v) is 3.36. The number of esters is 1. The van der Waals surface area contributed by atoms with Gasteiger partial charge in [-0.25, -0.2) is 4.79 Å². The lowest BCUT2D eigenvalue weighted by atomic mass is 10.3. The van der Waals surface area contributed by atoms with Crippen molar-refractivity contribution in [2.45, 2.75) is 13.3 Å². The summed E-state index contributed by atoms with van der Waals surface area (Å²) in [6, 6.07) is 8.69. The summed E-state index contributed by atoms with van der Waals surface area (Å²) in [5, 5.41) is 2.62. The molecule has 0 atom stereocenters. The number of amides is 1. The summed E-state index contributed by atoms with van der Waals surface area (Å²) in [6.45, 7) is 2.55. The zero-order valence-electron chi connectivity index (χ0n) is 9.68. The summed E-state index contributed by atoms with van der Waals surface area (Å²) < 4.78 is 4.96. The molecule has 1 rings (SSSR count). The maximum atomic E-state index is 11.3. The molecule has 90 valence electrons. The Morgan fingerprint density at radius 3 is 2.59 bits per heavy atom. The third kappa shape index (κ3) is 5.51. The van der Waals surface area contributed by atoms with Crippen LogP contribution in [0.2, 0.25) is 0 Å². The van der Waals surface area contributed by atoms with E-state index in [2.05, 4.69) is 5.32 Å². The largest absolute Gasteiger partial charge is 0.423 e. The second-order valence-electron chi connectivity index (χ2n) is 3.36. The second kappa shape index (κ2) is 7.22. The van der Waals surface area contributed by atoms with E-state index in [0.29, 0.717) is 12.3 Å². The average Bonchev–Trinajstić information content (AvgIpc) is 2.35. The number of para-hydroxylation sites is 1. The highest BCUT2D eigenvalue weighted by molar-refractivity contribution is 5.95. The number of nitrogens with one attached hydrogen (secondary N) is 1. The zero-order chi connectivity index (χ0) is 12.5. The van der Waals surface area contributed by atoms with Crippen molar-refractivity contribution in [1.82, 2.24) is 5.32 Å². The summed E-state index contributed by atoms with van der Waals surface area (Å²) in [5.41, 5.74) is 0. The lowest BCUT2D eigenvalue weighted by Gasteiger charge is -2.00. The molecule has 0 aliphatic carbocycles. The number of hydrogen-bond acceptors (Lipinski definition) is 3. The van der Waals surface area contributed by atoms with Crippen molar-refractivity contribution in [1.29, 1.82) is 0 Å². The zero-order valence-corrected chi connectivity index (χ0v) is 9.68. The van der Waals surface area contributed by atoms with E-state index in [0.717, 1.165) is 12.5 Å². The number of carbonyl (C=O) groups excluding carboxylic acids is 2. The molecule has 0 aliphatic rings. The fraction of sp³-hybridized carbons (Fsp3) is 0.231. The highest BCUT2D eigenvalue weighted by Gasteiger charge is 2.00. The topological polar surface area (TPSA) is 55.4 Å². The lowest BCUT2D eigenvalue weighted by molar-refractivity contribution is -0.129. The molecular weight excluding hydrogens is 218 g/mol. The molecule has 1 aromatic rings. The Morgan fingerprint density at radius 1 is 1.24 bits per heavy atom. The van der Waals surface area contributed by atoms with E-state index in [1.54, 1.807) is 24.3 Å². The van der Waals surface area contributed by atoms with Crippen LogP contribution in [0.25, 0.3) is 0 Å². The van der Waals surface area contributed by atoms with E-state index in [1.807, 2.05) is 13.0 Å². The van der Waals surface area contributed by atoms with Crippen LogP contribution < -0.4 is 10.1 Å². The van der Waals surface area contributed by atoms with Crippen LogP contribution in [0.5, 0.6) is 5.75 Å². The van der Waals surface area contributed by atoms with Crippen LogP contribution in [0.1, 0.15) is 13.3 Å². The first-order valence-electron chi connectivity index (χ1n) is 5.45. The standard InChI is InChI=1S/C13H15NO3/c1-2-10-14-12(15)8-9-13(16)17-11-6-4-3-5-7-11/h3-9H,2,10H2,1H3,(H,14,15)/b9-8-. The van der Waals surface area contributed by atoms with Gasteiger partial charge in [-0.3, -0.25) is 4.79 Å². The Hall–Kier alpha value is -2.10. The summed E-state index contributed by atoms with van der Waals surface area (Å²) in [7, 11) is 0. The highest BCUT2D eigenvalue weighted by atomic mass is 16.5. The summed E-state index contributed by atoms with van der Waals surface area (Å²) in [6.07, 6.45) is 3.13. The monoisotopic (exact) mass is 233 g/mol. The van der Waals surface area contributed by atoms with Crippen LogP contribution in [0.3, 0.4) is 0 Å². The predicted octanol–water partition coefficient (Wildman–Crippen LogP) is 1.67. The van der Waals surface area contributed by atoms with Gasteiger partial charge in [0.2, 0.25) is 5.91 Å². The minimum atomic E-state index is -0.567. The molecule has 1 amide bonds. The van der Waals surface area contributed by atoms with Crippen molar-refractivity contribution in [3.8, 4) is 5.75 Å². The van der Waals surface area contributed by atoms with E-state index in [4.69, 9.17) is 4.74 Å². The molecule has 0 heterocycles. The van der Waals surface area contributed by atoms with Crippen molar-refractivity contribution in [3.05, 3.63) is 42.5 Å². The third-order valence-corrected chi connectivity index (χ3v) is 1.88. The predicted molar refractivity (Wildman–Crippen MR) is 64.5 cm³/mol. The van der Waals surface area contributed by atoms with Gasteiger partial charge in [0, 0.05) is 18.7 Å². The molecule has 0 aliphatic heterocycles. The first kappa shape index (κ1) is 13.0. The Bertz CT molecular complexity index is 398. The molecule has 0 unspecified atom stereocenters. The smallest absolute Gasteiger partial charge is 0.336 e. The van der Waals surface area contributed by atoms with Gasteiger partial charge in [-0.2, -0.15) is 0 Å². The Labute approximate surface area is 100 Å². The first-order valence-corrected chi connectivity index (χ1v) is 5.45. The Kier molecular flexibility index (Phi) is 5.51. The summed E-state index contributed by atoms with van der Waals surface area (Å²) in [4.78, 5) is 22.5. The van der Waals surface area contributed by atoms with Gasteiger partial charge >= 0.3 is 5.97 Å². The fourth-order valence-electron chi connectivity index (χ4n) is 1.09. The van der Waals surface area contributed by atoms with Crippen LogP contribution >= 0.6 is 0 Å². The lowest BCUT2D eigenvalue weighted by Crippen LogP contribution is -2.22. The molecule has 4 nitrogen and oxygen atoms in total. The molecule has 0 bridgehead atoms. The summed E-state index contributed by atoms with van der Waals surface area (Å²) in [5.74, 6) is -0.407. The maximum absolute atomic E-state index is 11.3. The van der Waals surface area contributed by atoms with Crippen LogP contribution in [-0.4, -0.2) is 18.4 Å². The Balaban J connectivity index is 2.39. The van der Waals surface area contributed by atoms with Crippen LogP contribution in [-0.2, 0) is 9.59 Å². The number of hydrogen-bond donors (Lipinski definition) is 1. The number of ether oxygens (including phenoxy) is 1. The fourth-order valence-corrected chi connectivity index (χ4v) is 1.09. The normalized spacial score (nSPS) is 10.2. The highest BCUT2D eigenvalue weighted by Crippen LogP contribution is 2.08. The van der Waals surface area contributed by atoms with Gasteiger partial charge in [0.1, 0.15) is 5.75 Å². The first-order chi connectivity index (χ1) is 8.22. The van der Waals surface area contributed by atoms with E-state index in [9.17, 15) is 9.59 Å². The van der Waals surface area contributed by atoms with Gasteiger partial charge in [0.05, 0.1) is 0 Å². The molecule has 17 heavy (non-hydrogen) atoms. The summed E-state index contributed by atoms with van der Waals surface area (Å²) >= 11 is 0. The van der Waals surface area contributed by atoms with Gasteiger partial charge in [-0.1, -0.05) is 25.1 Å². The molecule has 0 radical (unpaired) electrons. The van der Waals surface area contributed by atoms with Crippen LogP contribution in [0.15, 0.2) is 42.5 Å². The van der Waals surface area contributed by atoms with E-state index < -0.39 is 5.97 Å². The number of benzene rings is 1. The minimum absolute atomic E-state index is 0.295. The molecule has 0 saturated heterocycles. The minimum Gasteiger partial charge on any atom is -0.423 e. The van der Waals surface area contributed by atoms with Crippen LogP contribution in [0, 0.1) is 0 Å². The molecular formula is C13H15NO3. The quantitative estimate of drug-likeness (QED) is 0.478. The van der Waals surface area contributed by atoms with Gasteiger partial charge in [0.15, 0.2) is 0 Å². The van der Waals surface area contributed by atoms with Crippen molar-refractivity contribution in [2.24, 2.45) is 0 Å². The number of rotatable bonds is 5. The van der Waals surface area contributed by atoms with Gasteiger partial charge in [0.25, 0.3) is 0 Å². The van der Waals surface area contributed by atoms with E-state index in [-0.39, 0.29) is 5.91 Å². The van der Waals surface area contributed by atoms with Crippen molar-refractivity contribution in [2.75, 3.05) is 6.54 Å². The SMILES string of the molecule is CCCNC(=O)/C=C\C(=O)Oc1ccccc1. The molecule has 1 aromatic carbocycles. The molecule has 1 N–H and O–H groups in total. The van der Waals surface area contributed by atoms with Crippen molar-refractivity contribution in [3.63, 3.8) is 0 Å². The van der Waals surface area contributed by atoms with E-state index in [1.165, 1.54) is 6.08 Å². The third-order valence-electron chi connectivity index (χ3n) is 1.88. The van der Waals surface area contributed by atoms with Gasteiger partial charge in [-0.05, 0) is 18.6 Å². The van der Waals surface area contributed by atoms with Crippen LogP contribution in [0.4, 0.5) is 0 Å². The van der Waals surface area contributed by atoms with Gasteiger partial charge in [-0.15, -0.1) is 0 Å². The van der Waals surface area contributed by atoms with Crippen molar-refractivity contribution >= 4 is 11.9 Å². The molecule has 4 heteroatoms. The molecule has 0 saturated carbocycles. The van der Waals surface area contributed by atoms with E-state index >= 15 is 0 Å². The molecule has 0 fully saturated rings. The maximum Gasteiger partial charge on any atom is 0.336 e. The molecule has 0 spiro atoms.